The Morgan fingerprint density at radius 2 is 1.67 bits per heavy atom. The molecule has 1 aromatic carbocycles. The normalized spacial score (nSPS) is 7.58. The van der Waals surface area contributed by atoms with Gasteiger partial charge in [-0.05, 0) is 12.5 Å². The third-order valence-corrected chi connectivity index (χ3v) is 1.31. The zero-order valence-corrected chi connectivity index (χ0v) is 8.09. The summed E-state index contributed by atoms with van der Waals surface area (Å²) in [5.74, 6) is 0.612. The fourth-order valence-electron chi connectivity index (χ4n) is 0.567. The van der Waals surface area contributed by atoms with E-state index in [9.17, 15) is 0 Å². The number of alkyl halides is 1. The van der Waals surface area contributed by atoms with Crippen molar-refractivity contribution in [2.75, 3.05) is 6.61 Å². The van der Waals surface area contributed by atoms with Crippen LogP contribution >= 0.6 is 11.6 Å². The van der Waals surface area contributed by atoms with Crippen LogP contribution in [0.25, 0.3) is 0 Å². The highest BCUT2D eigenvalue weighted by Crippen LogP contribution is 2.00. The molecule has 0 aliphatic rings. The fraction of sp³-hybridized carbons (Fsp3) is 0.333. The number of rotatable bonds is 1. The van der Waals surface area contributed by atoms with E-state index in [-0.39, 0.29) is 12.8 Å². The van der Waals surface area contributed by atoms with Crippen molar-refractivity contribution in [1.82, 2.24) is 6.15 Å². The van der Waals surface area contributed by atoms with Crippen molar-refractivity contribution in [3.8, 4) is 0 Å². The van der Waals surface area contributed by atoms with Crippen molar-refractivity contribution in [3.63, 3.8) is 0 Å². The van der Waals surface area contributed by atoms with E-state index >= 15 is 0 Å². The van der Waals surface area contributed by atoms with Crippen LogP contribution in [0.4, 0.5) is 0 Å². The first-order valence-electron chi connectivity index (χ1n) is 3.55. The minimum absolute atomic E-state index is 0. The van der Waals surface area contributed by atoms with Gasteiger partial charge in [-0.15, -0.1) is 11.6 Å². The van der Waals surface area contributed by atoms with Gasteiger partial charge in [-0.2, -0.15) is 0 Å². The highest BCUT2D eigenvalue weighted by atomic mass is 35.5. The fourth-order valence-corrected chi connectivity index (χ4v) is 0.745. The molecule has 0 heterocycles. The number of hydrogen-bond acceptors (Lipinski definition) is 2. The largest absolute Gasteiger partial charge is 0.397 e. The predicted molar refractivity (Wildman–Crippen MR) is 53.8 cm³/mol. The van der Waals surface area contributed by atoms with Gasteiger partial charge < -0.3 is 11.3 Å². The molecule has 0 unspecified atom stereocenters. The first-order chi connectivity index (χ1) is 5.35. The Balaban J connectivity index is 0. The van der Waals surface area contributed by atoms with Gasteiger partial charge in [-0.3, -0.25) is 0 Å². The second-order valence-corrected chi connectivity index (χ2v) is 2.20. The van der Waals surface area contributed by atoms with Crippen LogP contribution in [0.1, 0.15) is 12.5 Å². The molecule has 0 amide bonds. The van der Waals surface area contributed by atoms with Crippen molar-refractivity contribution in [1.29, 1.82) is 0 Å². The number of benzene rings is 1. The van der Waals surface area contributed by atoms with E-state index in [1.807, 2.05) is 30.3 Å². The number of hydrogen-bond donors (Lipinski definition) is 2. The monoisotopic (exact) mass is 189 g/mol. The molecule has 2 nitrogen and oxygen atoms in total. The average Bonchev–Trinajstić information content (AvgIpc) is 2.08. The highest BCUT2D eigenvalue weighted by molar-refractivity contribution is 6.17. The summed E-state index contributed by atoms with van der Waals surface area (Å²) in [4.78, 5) is 0. The third-order valence-electron chi connectivity index (χ3n) is 0.997. The number of aliphatic hydroxyl groups is 1. The minimum atomic E-state index is 0. The van der Waals surface area contributed by atoms with Crippen LogP contribution in [-0.4, -0.2) is 11.7 Å². The average molecular weight is 190 g/mol. The summed E-state index contributed by atoms with van der Waals surface area (Å²) in [5.41, 5.74) is 1.18. The smallest absolute Gasteiger partial charge is 0.0474 e. The lowest BCUT2D eigenvalue weighted by molar-refractivity contribution is 0.318. The Bertz CT molecular complexity index is 167. The molecular weight excluding hydrogens is 174 g/mol. The van der Waals surface area contributed by atoms with E-state index in [4.69, 9.17) is 16.7 Å². The zero-order chi connectivity index (χ0) is 8.53. The summed E-state index contributed by atoms with van der Waals surface area (Å²) in [6, 6.07) is 9.96. The summed E-state index contributed by atoms with van der Waals surface area (Å²) in [5, 5.41) is 7.57. The van der Waals surface area contributed by atoms with Crippen LogP contribution in [0.15, 0.2) is 30.3 Å². The Kier molecular flexibility index (Phi) is 12.2. The van der Waals surface area contributed by atoms with E-state index in [1.54, 1.807) is 6.92 Å². The van der Waals surface area contributed by atoms with Gasteiger partial charge in [0.2, 0.25) is 0 Å². The maximum absolute atomic E-state index is 7.57. The first-order valence-corrected chi connectivity index (χ1v) is 4.09. The van der Waals surface area contributed by atoms with Crippen LogP contribution in [-0.2, 0) is 5.88 Å². The molecular formula is C9H16ClNO. The lowest BCUT2D eigenvalue weighted by atomic mass is 10.2. The standard InChI is InChI=1S/C7H7Cl.C2H6O.H3N/c8-6-7-4-2-1-3-5-7;1-2-3;/h1-5H,6H2;3H,2H2,1H3;1H3. The van der Waals surface area contributed by atoms with Gasteiger partial charge in [-0.25, -0.2) is 0 Å². The van der Waals surface area contributed by atoms with E-state index < -0.39 is 0 Å². The van der Waals surface area contributed by atoms with E-state index in [2.05, 4.69) is 0 Å². The third kappa shape index (κ3) is 7.54. The van der Waals surface area contributed by atoms with Gasteiger partial charge in [0.25, 0.3) is 0 Å². The number of aliphatic hydroxyl groups excluding tert-OH is 1. The Hall–Kier alpha value is -0.570. The van der Waals surface area contributed by atoms with Gasteiger partial charge in [0.1, 0.15) is 0 Å². The van der Waals surface area contributed by atoms with Crippen molar-refractivity contribution < 1.29 is 5.11 Å². The van der Waals surface area contributed by atoms with Crippen molar-refractivity contribution >= 4 is 11.6 Å². The summed E-state index contributed by atoms with van der Waals surface area (Å²) >= 11 is 5.53. The lowest BCUT2D eigenvalue weighted by Gasteiger charge is -1.88. The molecule has 0 aliphatic heterocycles. The molecule has 0 aliphatic carbocycles. The minimum Gasteiger partial charge on any atom is -0.397 e. The lowest BCUT2D eigenvalue weighted by Crippen LogP contribution is -1.71. The van der Waals surface area contributed by atoms with Crippen molar-refractivity contribution in [2.45, 2.75) is 12.8 Å². The van der Waals surface area contributed by atoms with E-state index in [0.717, 1.165) is 0 Å². The van der Waals surface area contributed by atoms with Crippen molar-refractivity contribution in [2.24, 2.45) is 0 Å². The second-order valence-electron chi connectivity index (χ2n) is 1.94. The molecule has 1 rings (SSSR count). The van der Waals surface area contributed by atoms with Gasteiger partial charge in [0.05, 0.1) is 0 Å². The first kappa shape index (κ1) is 14.0. The van der Waals surface area contributed by atoms with E-state index in [0.29, 0.717) is 5.88 Å². The van der Waals surface area contributed by atoms with E-state index in [1.165, 1.54) is 5.56 Å². The van der Waals surface area contributed by atoms with Crippen LogP contribution in [0.5, 0.6) is 0 Å². The Morgan fingerprint density at radius 1 is 1.25 bits per heavy atom. The number of halogens is 1. The molecule has 1 aromatic rings. The predicted octanol–water partition coefficient (Wildman–Crippen LogP) is 2.59. The van der Waals surface area contributed by atoms with Gasteiger partial charge in [0, 0.05) is 12.5 Å². The molecule has 0 radical (unpaired) electrons. The maximum Gasteiger partial charge on any atom is 0.0474 e. The molecule has 0 fully saturated rings. The summed E-state index contributed by atoms with van der Waals surface area (Å²) in [6.07, 6.45) is 0. The van der Waals surface area contributed by atoms with Gasteiger partial charge >= 0.3 is 0 Å². The molecule has 4 N–H and O–H groups in total. The Labute approximate surface area is 78.8 Å². The summed E-state index contributed by atoms with van der Waals surface area (Å²) < 4.78 is 0. The molecule has 70 valence electrons. The van der Waals surface area contributed by atoms with Crippen LogP contribution in [0.3, 0.4) is 0 Å². The van der Waals surface area contributed by atoms with Crippen molar-refractivity contribution in [3.05, 3.63) is 35.9 Å². The van der Waals surface area contributed by atoms with Crippen LogP contribution in [0.2, 0.25) is 0 Å². The molecule has 12 heavy (non-hydrogen) atoms. The topological polar surface area (TPSA) is 55.2 Å². The quantitative estimate of drug-likeness (QED) is 0.668. The summed E-state index contributed by atoms with van der Waals surface area (Å²) in [6.45, 7) is 1.93. The molecule has 0 atom stereocenters. The molecule has 0 saturated heterocycles. The van der Waals surface area contributed by atoms with Gasteiger partial charge in [0.15, 0.2) is 0 Å². The maximum atomic E-state index is 7.57. The zero-order valence-electron chi connectivity index (χ0n) is 7.33. The summed E-state index contributed by atoms with van der Waals surface area (Å²) in [7, 11) is 0. The molecule has 0 bridgehead atoms. The second kappa shape index (κ2) is 10.4. The molecule has 0 aromatic heterocycles. The molecule has 0 spiro atoms. The SMILES string of the molecule is CCO.ClCc1ccccc1.N. The van der Waals surface area contributed by atoms with Gasteiger partial charge in [-0.1, -0.05) is 30.3 Å². The Morgan fingerprint density at radius 3 is 1.92 bits per heavy atom. The van der Waals surface area contributed by atoms with Crippen LogP contribution in [0, 0.1) is 0 Å². The van der Waals surface area contributed by atoms with Crippen LogP contribution < -0.4 is 6.15 Å². The molecule has 3 heteroatoms. The highest BCUT2D eigenvalue weighted by Gasteiger charge is 1.81. The molecule has 0 saturated carbocycles.